The molecule has 2 aliphatic rings. The maximum atomic E-state index is 10.7. The van der Waals surface area contributed by atoms with Crippen LogP contribution in [-0.2, 0) is 4.79 Å². The van der Waals surface area contributed by atoms with E-state index in [1.807, 2.05) is 12.2 Å². The number of aliphatic carboxylic acids is 1. The van der Waals surface area contributed by atoms with Gasteiger partial charge >= 0.3 is 5.97 Å². The van der Waals surface area contributed by atoms with Crippen molar-refractivity contribution in [3.63, 3.8) is 0 Å². The fourth-order valence-electron chi connectivity index (χ4n) is 1.35. The second kappa shape index (κ2) is 2.42. The lowest BCUT2D eigenvalue weighted by Crippen LogP contribution is -2.06. The third kappa shape index (κ3) is 0.881. The van der Waals surface area contributed by atoms with Gasteiger partial charge in [0.15, 0.2) is 0 Å². The average Bonchev–Trinajstić information content (AvgIpc) is 2.44. The number of fused-ring (bicyclic) bond motifs is 1. The molecule has 62 valence electrons. The predicted octanol–water partition coefficient (Wildman–Crippen LogP) is 0.853. The topological polar surface area (TPSA) is 63.3 Å². The van der Waals surface area contributed by atoms with Crippen LogP contribution in [0.3, 0.4) is 0 Å². The maximum absolute atomic E-state index is 10.7. The zero-order chi connectivity index (χ0) is 8.72. The number of carbonyl (C=O) groups is 1. The fraction of sp³-hybridized carbons (Fsp3) is 0.125. The number of allylic oxidation sites excluding steroid dienone is 2. The van der Waals surface area contributed by atoms with Gasteiger partial charge in [0.2, 0.25) is 0 Å². The maximum Gasteiger partial charge on any atom is 0.338 e. The number of carboxylic acid groups (broad SMARTS) is 1. The number of carboxylic acids is 1. The largest absolute Gasteiger partial charge is 0.478 e. The molecule has 0 saturated heterocycles. The summed E-state index contributed by atoms with van der Waals surface area (Å²) in [5, 5.41) is 9.37. The molecule has 1 aliphatic carbocycles. The molecule has 1 unspecified atom stereocenters. The Balaban J connectivity index is 2.43. The average molecular weight is 181 g/mol. The molecule has 3 nitrogen and oxygen atoms in total. The van der Waals surface area contributed by atoms with Crippen molar-refractivity contribution in [2.24, 2.45) is 5.73 Å². The minimum atomic E-state index is -0.933. The molecule has 0 radical (unpaired) electrons. The van der Waals surface area contributed by atoms with Crippen molar-refractivity contribution in [1.82, 2.24) is 0 Å². The Kier molecular flexibility index (Phi) is 1.51. The summed E-state index contributed by atoms with van der Waals surface area (Å²) < 4.78 is 0. The van der Waals surface area contributed by atoms with Crippen LogP contribution in [-0.4, -0.2) is 16.3 Å². The van der Waals surface area contributed by atoms with Gasteiger partial charge in [-0.1, -0.05) is 30.0 Å². The molecule has 4 heteroatoms. The summed E-state index contributed by atoms with van der Waals surface area (Å²) in [6.45, 7) is 0. The van der Waals surface area contributed by atoms with Gasteiger partial charge in [-0.3, -0.25) is 0 Å². The predicted molar refractivity (Wildman–Crippen MR) is 47.5 cm³/mol. The van der Waals surface area contributed by atoms with E-state index in [2.05, 4.69) is 0 Å². The van der Waals surface area contributed by atoms with Gasteiger partial charge in [0.05, 0.1) is 15.9 Å². The molecule has 0 saturated carbocycles. The van der Waals surface area contributed by atoms with Crippen LogP contribution in [0.1, 0.15) is 0 Å². The quantitative estimate of drug-likeness (QED) is 0.629. The molecule has 0 spiro atoms. The van der Waals surface area contributed by atoms with Crippen LogP contribution < -0.4 is 5.73 Å². The summed E-state index contributed by atoms with van der Waals surface area (Å²) >= 11 is 1.39. The highest BCUT2D eigenvalue weighted by Gasteiger charge is 2.32. The molecule has 0 bridgehead atoms. The van der Waals surface area contributed by atoms with Crippen LogP contribution in [0.2, 0.25) is 0 Å². The van der Waals surface area contributed by atoms with E-state index in [-0.39, 0.29) is 10.8 Å². The van der Waals surface area contributed by atoms with E-state index in [0.717, 1.165) is 5.57 Å². The monoisotopic (exact) mass is 181 g/mol. The van der Waals surface area contributed by atoms with Crippen molar-refractivity contribution < 1.29 is 9.90 Å². The van der Waals surface area contributed by atoms with Crippen molar-refractivity contribution in [2.45, 2.75) is 5.25 Å². The van der Waals surface area contributed by atoms with Crippen molar-refractivity contribution in [1.29, 1.82) is 0 Å². The molecule has 0 aromatic heterocycles. The lowest BCUT2D eigenvalue weighted by Gasteiger charge is -1.99. The van der Waals surface area contributed by atoms with Gasteiger partial charge < -0.3 is 10.8 Å². The smallest absolute Gasteiger partial charge is 0.338 e. The van der Waals surface area contributed by atoms with Crippen LogP contribution in [0.4, 0.5) is 0 Å². The summed E-state index contributed by atoms with van der Waals surface area (Å²) in [5.41, 5.74) is 6.65. The Morgan fingerprint density at radius 1 is 1.67 bits per heavy atom. The molecule has 1 aliphatic heterocycles. The first-order valence-electron chi connectivity index (χ1n) is 3.48. The lowest BCUT2D eigenvalue weighted by molar-refractivity contribution is -0.132. The van der Waals surface area contributed by atoms with Crippen LogP contribution in [0.25, 0.3) is 0 Å². The molecule has 0 amide bonds. The van der Waals surface area contributed by atoms with E-state index in [1.165, 1.54) is 11.8 Å². The molecule has 12 heavy (non-hydrogen) atoms. The van der Waals surface area contributed by atoms with Crippen molar-refractivity contribution >= 4 is 17.7 Å². The molecule has 1 atom stereocenters. The first kappa shape index (κ1) is 7.49. The van der Waals surface area contributed by atoms with Crippen LogP contribution in [0.5, 0.6) is 0 Å². The van der Waals surface area contributed by atoms with Crippen molar-refractivity contribution in [2.75, 3.05) is 0 Å². The van der Waals surface area contributed by atoms with E-state index in [4.69, 9.17) is 10.8 Å². The second-order valence-corrected chi connectivity index (χ2v) is 3.77. The minimum Gasteiger partial charge on any atom is -0.478 e. The van der Waals surface area contributed by atoms with Gasteiger partial charge in [0, 0.05) is 0 Å². The third-order valence-electron chi connectivity index (χ3n) is 1.87. The van der Waals surface area contributed by atoms with Gasteiger partial charge in [-0.15, -0.1) is 0 Å². The SMILES string of the molecule is NC1=C(C(=O)O)C2=CC=CC2S1. The number of hydrogen-bond donors (Lipinski definition) is 2. The number of nitrogens with two attached hydrogens (primary N) is 1. The van der Waals surface area contributed by atoms with E-state index in [9.17, 15) is 4.79 Å². The van der Waals surface area contributed by atoms with Gasteiger partial charge in [0.1, 0.15) is 0 Å². The Morgan fingerprint density at radius 3 is 3.08 bits per heavy atom. The van der Waals surface area contributed by atoms with Gasteiger partial charge in [-0.2, -0.15) is 0 Å². The highest BCUT2D eigenvalue weighted by atomic mass is 32.2. The first-order chi connectivity index (χ1) is 5.70. The van der Waals surface area contributed by atoms with Gasteiger partial charge in [-0.25, -0.2) is 4.79 Å². The van der Waals surface area contributed by atoms with Gasteiger partial charge in [-0.05, 0) is 5.57 Å². The second-order valence-electron chi connectivity index (χ2n) is 2.59. The minimum absolute atomic E-state index is 0.135. The standard InChI is InChI=1S/C8H7NO2S/c9-7-6(8(10)11)4-2-1-3-5(4)12-7/h1-3,5H,9H2,(H,10,11). The van der Waals surface area contributed by atoms with E-state index in [0.29, 0.717) is 5.03 Å². The zero-order valence-corrected chi connectivity index (χ0v) is 6.97. The third-order valence-corrected chi connectivity index (χ3v) is 2.99. The van der Waals surface area contributed by atoms with E-state index >= 15 is 0 Å². The van der Waals surface area contributed by atoms with Crippen LogP contribution in [0, 0.1) is 0 Å². The molecular formula is C8H7NO2S. The number of thioether (sulfide) groups is 1. The highest BCUT2D eigenvalue weighted by Crippen LogP contribution is 2.42. The first-order valence-corrected chi connectivity index (χ1v) is 4.36. The van der Waals surface area contributed by atoms with Crippen LogP contribution in [0.15, 0.2) is 34.4 Å². The van der Waals surface area contributed by atoms with Gasteiger partial charge in [0.25, 0.3) is 0 Å². The molecule has 0 aromatic rings. The summed E-state index contributed by atoms with van der Waals surface area (Å²) in [6.07, 6.45) is 5.62. The van der Waals surface area contributed by atoms with Crippen LogP contribution >= 0.6 is 11.8 Å². The van der Waals surface area contributed by atoms with E-state index in [1.54, 1.807) is 6.08 Å². The summed E-state index contributed by atoms with van der Waals surface area (Å²) in [4.78, 5) is 10.7. The normalized spacial score (nSPS) is 26.0. The molecule has 0 aromatic carbocycles. The Hall–Kier alpha value is -1.16. The van der Waals surface area contributed by atoms with Crippen molar-refractivity contribution in [3.8, 4) is 0 Å². The molecule has 3 N–H and O–H groups in total. The lowest BCUT2D eigenvalue weighted by atomic mass is 10.1. The number of rotatable bonds is 1. The summed E-state index contributed by atoms with van der Waals surface area (Å²) in [5.74, 6) is -0.933. The Labute approximate surface area is 73.6 Å². The Morgan fingerprint density at radius 2 is 2.42 bits per heavy atom. The Bertz CT molecular complexity index is 341. The fourth-order valence-corrected chi connectivity index (χ4v) is 2.44. The van der Waals surface area contributed by atoms with Crippen molar-refractivity contribution in [3.05, 3.63) is 34.4 Å². The molecular weight excluding hydrogens is 174 g/mol. The van der Waals surface area contributed by atoms with E-state index < -0.39 is 5.97 Å². The molecule has 2 rings (SSSR count). The highest BCUT2D eigenvalue weighted by molar-refractivity contribution is 8.04. The molecule has 1 heterocycles. The summed E-state index contributed by atoms with van der Waals surface area (Å²) in [7, 11) is 0. The number of hydrogen-bond acceptors (Lipinski definition) is 3. The summed E-state index contributed by atoms with van der Waals surface area (Å²) in [6, 6.07) is 0. The zero-order valence-electron chi connectivity index (χ0n) is 6.15. The molecule has 0 fully saturated rings.